The lowest BCUT2D eigenvalue weighted by molar-refractivity contribution is 0.802. The van der Waals surface area contributed by atoms with E-state index in [0.717, 1.165) is 5.69 Å². The van der Waals surface area contributed by atoms with Crippen molar-refractivity contribution in [1.29, 1.82) is 0 Å². The van der Waals surface area contributed by atoms with Gasteiger partial charge in [-0.3, -0.25) is 0 Å². The summed E-state index contributed by atoms with van der Waals surface area (Å²) in [5.41, 5.74) is 7.38. The highest BCUT2D eigenvalue weighted by Gasteiger charge is 2.06. The van der Waals surface area contributed by atoms with Crippen molar-refractivity contribution in [2.75, 3.05) is 0 Å². The van der Waals surface area contributed by atoms with E-state index in [4.69, 9.17) is 12.2 Å². The van der Waals surface area contributed by atoms with E-state index in [2.05, 4.69) is 11.0 Å². The molecule has 1 heterocycles. The van der Waals surface area contributed by atoms with Crippen molar-refractivity contribution < 1.29 is 0 Å². The van der Waals surface area contributed by atoms with Gasteiger partial charge in [-0.1, -0.05) is 24.1 Å². The average Bonchev–Trinajstić information content (AvgIpc) is 2.78. The van der Waals surface area contributed by atoms with Crippen LogP contribution in [0.5, 0.6) is 0 Å². The fourth-order valence-corrected chi connectivity index (χ4v) is 1.31. The van der Waals surface area contributed by atoms with Gasteiger partial charge in [-0.15, -0.1) is 6.42 Å². The first kappa shape index (κ1) is 9.50. The molecule has 3 heteroatoms. The van der Waals surface area contributed by atoms with Gasteiger partial charge in [0.1, 0.15) is 6.04 Å². The maximum absolute atomic E-state index is 5.67. The van der Waals surface area contributed by atoms with Crippen molar-refractivity contribution in [2.24, 2.45) is 5.73 Å². The van der Waals surface area contributed by atoms with Crippen LogP contribution in [0, 0.1) is 12.3 Å². The number of rotatable bonds is 2. The van der Waals surface area contributed by atoms with Gasteiger partial charge in [-0.2, -0.15) is 5.10 Å². The second-order valence-corrected chi connectivity index (χ2v) is 3.17. The Kier molecular flexibility index (Phi) is 2.53. The first-order valence-corrected chi connectivity index (χ1v) is 4.64. The highest BCUT2D eigenvalue weighted by atomic mass is 15.3. The lowest BCUT2D eigenvalue weighted by atomic mass is 10.2. The lowest BCUT2D eigenvalue weighted by Crippen LogP contribution is -2.08. The van der Waals surface area contributed by atoms with Crippen LogP contribution in [0.15, 0.2) is 42.6 Å². The maximum atomic E-state index is 5.67. The molecule has 0 bridgehead atoms. The summed E-state index contributed by atoms with van der Waals surface area (Å²) in [5, 5.41) is 4.30. The summed E-state index contributed by atoms with van der Waals surface area (Å²) in [6.45, 7) is 0. The van der Waals surface area contributed by atoms with Crippen LogP contribution in [0.25, 0.3) is 5.69 Å². The third-order valence-corrected chi connectivity index (χ3v) is 2.13. The van der Waals surface area contributed by atoms with E-state index in [1.807, 2.05) is 42.6 Å². The molecular formula is C12H11N3. The number of nitrogens with two attached hydrogens (primary N) is 1. The highest BCUT2D eigenvalue weighted by molar-refractivity contribution is 5.31. The SMILES string of the molecule is C#CC(N)c1ccn(-c2ccccc2)n1. The summed E-state index contributed by atoms with van der Waals surface area (Å²) in [6, 6.07) is 11.2. The molecule has 0 aliphatic heterocycles. The Balaban J connectivity index is 2.33. The number of hydrogen-bond donors (Lipinski definition) is 1. The normalized spacial score (nSPS) is 12.0. The molecular weight excluding hydrogens is 186 g/mol. The Morgan fingerprint density at radius 1 is 1.27 bits per heavy atom. The molecule has 74 valence electrons. The lowest BCUT2D eigenvalue weighted by Gasteiger charge is -2.01. The maximum Gasteiger partial charge on any atom is 0.111 e. The molecule has 0 aliphatic rings. The van der Waals surface area contributed by atoms with E-state index in [1.165, 1.54) is 0 Å². The molecule has 0 spiro atoms. The van der Waals surface area contributed by atoms with Gasteiger partial charge < -0.3 is 5.73 Å². The van der Waals surface area contributed by atoms with Crippen molar-refractivity contribution in [2.45, 2.75) is 6.04 Å². The van der Waals surface area contributed by atoms with Crippen molar-refractivity contribution in [3.8, 4) is 18.0 Å². The second-order valence-electron chi connectivity index (χ2n) is 3.17. The van der Waals surface area contributed by atoms with Crippen LogP contribution in [-0.4, -0.2) is 9.78 Å². The molecule has 0 saturated heterocycles. The van der Waals surface area contributed by atoms with Gasteiger partial charge in [0, 0.05) is 6.20 Å². The van der Waals surface area contributed by atoms with Gasteiger partial charge in [0.25, 0.3) is 0 Å². The standard InChI is InChI=1S/C12H11N3/c1-2-11(13)12-8-9-15(14-12)10-6-4-3-5-7-10/h1,3-9,11H,13H2. The number of terminal acetylenes is 1. The summed E-state index contributed by atoms with van der Waals surface area (Å²) >= 11 is 0. The number of hydrogen-bond acceptors (Lipinski definition) is 2. The summed E-state index contributed by atoms with van der Waals surface area (Å²) < 4.78 is 1.76. The van der Waals surface area contributed by atoms with E-state index in [0.29, 0.717) is 5.69 Å². The van der Waals surface area contributed by atoms with Crippen molar-refractivity contribution >= 4 is 0 Å². The monoisotopic (exact) mass is 197 g/mol. The molecule has 0 aliphatic carbocycles. The molecule has 15 heavy (non-hydrogen) atoms. The van der Waals surface area contributed by atoms with Crippen molar-refractivity contribution in [1.82, 2.24) is 9.78 Å². The molecule has 1 unspecified atom stereocenters. The van der Waals surface area contributed by atoms with Gasteiger partial charge in [-0.25, -0.2) is 4.68 Å². The summed E-state index contributed by atoms with van der Waals surface area (Å²) in [5.74, 6) is 2.45. The molecule has 2 aromatic rings. The first-order valence-electron chi connectivity index (χ1n) is 4.64. The smallest absolute Gasteiger partial charge is 0.111 e. The zero-order valence-electron chi connectivity index (χ0n) is 8.17. The Bertz CT molecular complexity index is 479. The van der Waals surface area contributed by atoms with E-state index in [1.54, 1.807) is 4.68 Å². The van der Waals surface area contributed by atoms with Gasteiger partial charge in [0.05, 0.1) is 11.4 Å². The van der Waals surface area contributed by atoms with Crippen LogP contribution < -0.4 is 5.73 Å². The van der Waals surface area contributed by atoms with E-state index >= 15 is 0 Å². The van der Waals surface area contributed by atoms with Gasteiger partial charge in [0.15, 0.2) is 0 Å². The minimum atomic E-state index is -0.435. The van der Waals surface area contributed by atoms with Crippen molar-refractivity contribution in [3.05, 3.63) is 48.3 Å². The molecule has 2 N–H and O–H groups in total. The van der Waals surface area contributed by atoms with Crippen LogP contribution >= 0.6 is 0 Å². The van der Waals surface area contributed by atoms with Gasteiger partial charge in [-0.05, 0) is 18.2 Å². The Morgan fingerprint density at radius 2 is 2.00 bits per heavy atom. The van der Waals surface area contributed by atoms with Crippen molar-refractivity contribution in [3.63, 3.8) is 0 Å². The quantitative estimate of drug-likeness (QED) is 0.741. The molecule has 1 aromatic heterocycles. The fraction of sp³-hybridized carbons (Fsp3) is 0.0833. The molecule has 1 aromatic carbocycles. The predicted molar refractivity (Wildman–Crippen MR) is 59.3 cm³/mol. The highest BCUT2D eigenvalue weighted by Crippen LogP contribution is 2.10. The average molecular weight is 197 g/mol. The Hall–Kier alpha value is -2.05. The Morgan fingerprint density at radius 3 is 2.67 bits per heavy atom. The molecule has 1 atom stereocenters. The fourth-order valence-electron chi connectivity index (χ4n) is 1.31. The van der Waals surface area contributed by atoms with E-state index < -0.39 is 6.04 Å². The molecule has 0 radical (unpaired) electrons. The predicted octanol–water partition coefficient (Wildman–Crippen LogP) is 1.51. The number of aromatic nitrogens is 2. The largest absolute Gasteiger partial charge is 0.313 e. The second kappa shape index (κ2) is 3.99. The minimum Gasteiger partial charge on any atom is -0.313 e. The number of nitrogens with zero attached hydrogens (tertiary/aromatic N) is 2. The summed E-state index contributed by atoms with van der Waals surface area (Å²) in [4.78, 5) is 0. The molecule has 0 fully saturated rings. The van der Waals surface area contributed by atoms with Gasteiger partial charge >= 0.3 is 0 Å². The number of benzene rings is 1. The number of para-hydroxylation sites is 1. The molecule has 3 nitrogen and oxygen atoms in total. The zero-order valence-corrected chi connectivity index (χ0v) is 8.17. The van der Waals surface area contributed by atoms with E-state index in [-0.39, 0.29) is 0 Å². The summed E-state index contributed by atoms with van der Waals surface area (Å²) in [7, 11) is 0. The molecule has 0 amide bonds. The zero-order chi connectivity index (χ0) is 10.7. The van der Waals surface area contributed by atoms with E-state index in [9.17, 15) is 0 Å². The van der Waals surface area contributed by atoms with Crippen LogP contribution in [-0.2, 0) is 0 Å². The van der Waals surface area contributed by atoms with Crippen LogP contribution in [0.4, 0.5) is 0 Å². The van der Waals surface area contributed by atoms with Crippen LogP contribution in [0.1, 0.15) is 11.7 Å². The third-order valence-electron chi connectivity index (χ3n) is 2.13. The molecule has 2 rings (SSSR count). The molecule has 0 saturated carbocycles. The van der Waals surface area contributed by atoms with Crippen LogP contribution in [0.2, 0.25) is 0 Å². The third kappa shape index (κ3) is 1.90. The van der Waals surface area contributed by atoms with Gasteiger partial charge in [0.2, 0.25) is 0 Å². The minimum absolute atomic E-state index is 0.435. The summed E-state index contributed by atoms with van der Waals surface area (Å²) in [6.07, 6.45) is 7.08. The Labute approximate surface area is 88.5 Å². The van der Waals surface area contributed by atoms with Crippen LogP contribution in [0.3, 0.4) is 0 Å². The topological polar surface area (TPSA) is 43.8 Å². The first-order chi connectivity index (χ1) is 7.31.